The number of amides is 2. The lowest BCUT2D eigenvalue weighted by atomic mass is 9.96. The number of hydrogen-bond acceptors (Lipinski definition) is 4. The molecule has 0 unspecified atom stereocenters. The summed E-state index contributed by atoms with van der Waals surface area (Å²) >= 11 is 0. The predicted octanol–water partition coefficient (Wildman–Crippen LogP) is 1.07. The summed E-state index contributed by atoms with van der Waals surface area (Å²) in [5.41, 5.74) is 0.126. The Labute approximate surface area is 130 Å². The van der Waals surface area contributed by atoms with E-state index in [0.717, 1.165) is 4.90 Å². The number of piperidine rings is 1. The van der Waals surface area contributed by atoms with Crippen molar-refractivity contribution in [2.45, 2.75) is 25.9 Å². The van der Waals surface area contributed by atoms with Crippen LogP contribution < -0.4 is 0 Å². The summed E-state index contributed by atoms with van der Waals surface area (Å²) in [6.07, 6.45) is -2.13. The van der Waals surface area contributed by atoms with Crippen LogP contribution in [0.5, 0.6) is 0 Å². The monoisotopic (exact) mass is 333 g/mol. The number of aromatic amines is 1. The topological polar surface area (TPSA) is 82.2 Å². The summed E-state index contributed by atoms with van der Waals surface area (Å²) in [6, 6.07) is 0. The lowest BCUT2D eigenvalue weighted by Gasteiger charge is -2.34. The van der Waals surface area contributed by atoms with Gasteiger partial charge in [-0.2, -0.15) is 28.6 Å². The molecule has 1 aliphatic rings. The fourth-order valence-electron chi connectivity index (χ4n) is 2.65. The maximum Gasteiger partial charge on any atom is 0.406 e. The first-order chi connectivity index (χ1) is 10.8. The summed E-state index contributed by atoms with van der Waals surface area (Å²) in [6.45, 7) is 0.757. The number of H-pyrrole nitrogens is 1. The van der Waals surface area contributed by atoms with E-state index in [4.69, 9.17) is 0 Å². The van der Waals surface area contributed by atoms with Crippen LogP contribution in [0.1, 0.15) is 30.3 Å². The summed E-state index contributed by atoms with van der Waals surface area (Å²) in [4.78, 5) is 26.7. The van der Waals surface area contributed by atoms with Crippen molar-refractivity contribution in [3.63, 3.8) is 0 Å². The highest BCUT2D eigenvalue weighted by atomic mass is 19.4. The minimum atomic E-state index is -4.43. The van der Waals surface area contributed by atoms with Gasteiger partial charge in [0.15, 0.2) is 5.69 Å². The first-order valence-electron chi connectivity index (χ1n) is 7.32. The second-order valence-electron chi connectivity index (χ2n) is 5.41. The van der Waals surface area contributed by atoms with E-state index in [1.54, 1.807) is 0 Å². The molecule has 0 radical (unpaired) electrons. The summed E-state index contributed by atoms with van der Waals surface area (Å²) < 4.78 is 37.6. The zero-order valence-electron chi connectivity index (χ0n) is 12.6. The number of carbonyl (C=O) groups is 2. The highest BCUT2D eigenvalue weighted by Crippen LogP contribution is 2.23. The van der Waals surface area contributed by atoms with Gasteiger partial charge in [0, 0.05) is 19.6 Å². The normalized spacial score (nSPS) is 18.8. The zero-order chi connectivity index (χ0) is 17.0. The van der Waals surface area contributed by atoms with Gasteiger partial charge in [0.1, 0.15) is 6.54 Å². The second-order valence-corrected chi connectivity index (χ2v) is 5.41. The van der Waals surface area contributed by atoms with Crippen LogP contribution >= 0.6 is 0 Å². The summed E-state index contributed by atoms with van der Waals surface area (Å²) in [5, 5.41) is 9.57. The Morgan fingerprint density at radius 3 is 2.78 bits per heavy atom. The number of nitrogens with zero attached hydrogens (tertiary/aromatic N) is 4. The van der Waals surface area contributed by atoms with Crippen LogP contribution in [0.15, 0.2) is 6.20 Å². The van der Waals surface area contributed by atoms with Gasteiger partial charge >= 0.3 is 6.18 Å². The molecular weight excluding hydrogens is 315 g/mol. The maximum absolute atomic E-state index is 12.5. The molecular formula is C13H18F3N5O2. The molecule has 128 valence electrons. The number of halogens is 3. The molecule has 2 rings (SSSR count). The van der Waals surface area contributed by atoms with E-state index < -0.39 is 24.5 Å². The number of nitrogens with one attached hydrogen (secondary N) is 1. The van der Waals surface area contributed by atoms with Gasteiger partial charge in [-0.1, -0.05) is 0 Å². The Bertz CT molecular complexity index is 546. The van der Waals surface area contributed by atoms with Gasteiger partial charge in [-0.15, -0.1) is 0 Å². The van der Waals surface area contributed by atoms with E-state index in [2.05, 4.69) is 15.4 Å². The molecule has 23 heavy (non-hydrogen) atoms. The lowest BCUT2D eigenvalue weighted by Crippen LogP contribution is -2.48. The fraction of sp³-hybridized carbons (Fsp3) is 0.692. The number of likely N-dealkylation sites (tertiary alicyclic amines) is 1. The minimum absolute atomic E-state index is 0.0218. The fourth-order valence-corrected chi connectivity index (χ4v) is 2.65. The van der Waals surface area contributed by atoms with E-state index in [-0.39, 0.29) is 24.7 Å². The third kappa shape index (κ3) is 4.42. The van der Waals surface area contributed by atoms with Crippen LogP contribution in [0, 0.1) is 5.92 Å². The minimum Gasteiger partial charge on any atom is -0.336 e. The number of alkyl halides is 3. The molecule has 0 saturated carbocycles. The van der Waals surface area contributed by atoms with Crippen LogP contribution in [-0.2, 0) is 4.79 Å². The Morgan fingerprint density at radius 2 is 2.22 bits per heavy atom. The van der Waals surface area contributed by atoms with Gasteiger partial charge in [-0.05, 0) is 19.8 Å². The predicted molar refractivity (Wildman–Crippen MR) is 73.3 cm³/mol. The molecule has 1 aromatic rings. The number of hydrogen-bond donors (Lipinski definition) is 1. The summed E-state index contributed by atoms with van der Waals surface area (Å²) in [5.74, 6) is -1.57. The first kappa shape index (κ1) is 17.2. The van der Waals surface area contributed by atoms with Crippen molar-refractivity contribution in [3.8, 4) is 0 Å². The van der Waals surface area contributed by atoms with E-state index in [1.807, 2.05) is 0 Å². The average molecular weight is 333 g/mol. The molecule has 1 N–H and O–H groups in total. The third-order valence-electron chi connectivity index (χ3n) is 3.76. The molecule has 1 aromatic heterocycles. The standard InChI is InChI=1S/C13H18F3N5O2/c1-2-20(8-13(14,15)16)11(22)9-4-3-5-21(7-9)12(23)10-6-17-19-18-10/h6,9H,2-5,7-8H2,1H3,(H,17,18,19)/t9-/m0/s1. The largest absolute Gasteiger partial charge is 0.406 e. The quantitative estimate of drug-likeness (QED) is 0.893. The van der Waals surface area contributed by atoms with E-state index in [9.17, 15) is 22.8 Å². The van der Waals surface area contributed by atoms with Crippen molar-refractivity contribution in [3.05, 3.63) is 11.9 Å². The van der Waals surface area contributed by atoms with Gasteiger partial charge in [-0.3, -0.25) is 9.59 Å². The van der Waals surface area contributed by atoms with Crippen molar-refractivity contribution in [1.29, 1.82) is 0 Å². The molecule has 2 heterocycles. The highest BCUT2D eigenvalue weighted by Gasteiger charge is 2.37. The van der Waals surface area contributed by atoms with Crippen molar-refractivity contribution >= 4 is 11.8 Å². The Hall–Kier alpha value is -2.13. The average Bonchev–Trinajstić information content (AvgIpc) is 3.05. The van der Waals surface area contributed by atoms with Gasteiger partial charge in [-0.25, -0.2) is 0 Å². The van der Waals surface area contributed by atoms with Crippen LogP contribution in [0.2, 0.25) is 0 Å². The Balaban J connectivity index is 2.02. The van der Waals surface area contributed by atoms with Crippen LogP contribution in [0.4, 0.5) is 13.2 Å². The Kier molecular flexibility index (Phi) is 5.22. The Morgan fingerprint density at radius 1 is 1.48 bits per heavy atom. The van der Waals surface area contributed by atoms with Crippen LogP contribution in [0.3, 0.4) is 0 Å². The van der Waals surface area contributed by atoms with Gasteiger partial charge in [0.2, 0.25) is 5.91 Å². The summed E-state index contributed by atoms with van der Waals surface area (Å²) in [7, 11) is 0. The van der Waals surface area contributed by atoms with Crippen molar-refractivity contribution in [2.75, 3.05) is 26.2 Å². The van der Waals surface area contributed by atoms with E-state index in [1.165, 1.54) is 18.0 Å². The molecule has 0 aliphatic carbocycles. The van der Waals surface area contributed by atoms with Gasteiger partial charge in [0.25, 0.3) is 5.91 Å². The van der Waals surface area contributed by atoms with E-state index in [0.29, 0.717) is 19.4 Å². The molecule has 1 fully saturated rings. The SMILES string of the molecule is CCN(CC(F)(F)F)C(=O)[C@H]1CCCN(C(=O)c2cn[nH]n2)C1. The molecule has 7 nitrogen and oxygen atoms in total. The van der Waals surface area contributed by atoms with Crippen molar-refractivity contribution < 1.29 is 22.8 Å². The number of rotatable bonds is 4. The van der Waals surface area contributed by atoms with Crippen molar-refractivity contribution in [1.82, 2.24) is 25.2 Å². The highest BCUT2D eigenvalue weighted by molar-refractivity contribution is 5.92. The zero-order valence-corrected chi connectivity index (χ0v) is 12.6. The number of carbonyl (C=O) groups excluding carboxylic acids is 2. The van der Waals surface area contributed by atoms with Crippen LogP contribution in [-0.4, -0.2) is 69.4 Å². The molecule has 0 bridgehead atoms. The first-order valence-corrected chi connectivity index (χ1v) is 7.32. The third-order valence-corrected chi connectivity index (χ3v) is 3.76. The molecule has 1 aliphatic heterocycles. The van der Waals surface area contributed by atoms with Gasteiger partial charge < -0.3 is 9.80 Å². The molecule has 10 heteroatoms. The number of aromatic nitrogens is 3. The molecule has 0 spiro atoms. The van der Waals surface area contributed by atoms with E-state index >= 15 is 0 Å². The molecule has 0 aromatic carbocycles. The van der Waals surface area contributed by atoms with Crippen LogP contribution in [0.25, 0.3) is 0 Å². The molecule has 2 amide bonds. The second kappa shape index (κ2) is 6.97. The van der Waals surface area contributed by atoms with Crippen molar-refractivity contribution in [2.24, 2.45) is 5.92 Å². The smallest absolute Gasteiger partial charge is 0.336 e. The molecule has 1 atom stereocenters. The van der Waals surface area contributed by atoms with Gasteiger partial charge in [0.05, 0.1) is 12.1 Å². The maximum atomic E-state index is 12.5. The molecule has 1 saturated heterocycles. The lowest BCUT2D eigenvalue weighted by molar-refractivity contribution is -0.164.